The normalized spacial score (nSPS) is 14.5. The molecule has 8 heteroatoms. The lowest BCUT2D eigenvalue weighted by Crippen LogP contribution is -2.24. The Kier molecular flexibility index (Phi) is 8.80. The first-order chi connectivity index (χ1) is 8.70. The van der Waals surface area contributed by atoms with E-state index in [1.807, 2.05) is 13.8 Å². The Morgan fingerprint density at radius 2 is 1.47 bits per heavy atom. The van der Waals surface area contributed by atoms with E-state index in [9.17, 15) is 16.8 Å². The lowest BCUT2D eigenvalue weighted by molar-refractivity contribution is 0.182. The molecule has 0 saturated carbocycles. The van der Waals surface area contributed by atoms with Crippen molar-refractivity contribution in [3.8, 4) is 0 Å². The van der Waals surface area contributed by atoms with Crippen LogP contribution in [0, 0.1) is 0 Å². The zero-order valence-electron chi connectivity index (χ0n) is 11.5. The van der Waals surface area contributed by atoms with Crippen LogP contribution in [0.3, 0.4) is 0 Å². The van der Waals surface area contributed by atoms with E-state index in [2.05, 4.69) is 0 Å². The highest BCUT2D eigenvalue weighted by Crippen LogP contribution is 2.16. The molecule has 0 radical (unpaired) electrons. The van der Waals surface area contributed by atoms with Crippen LogP contribution < -0.4 is 0 Å². The largest absolute Gasteiger partial charge is 0.285 e. The van der Waals surface area contributed by atoms with Gasteiger partial charge in [0.1, 0.15) is 0 Å². The Labute approximate surface area is 116 Å². The third-order valence-corrected chi connectivity index (χ3v) is 5.50. The van der Waals surface area contributed by atoms with Gasteiger partial charge in [-0.05, 0) is 12.8 Å². The van der Waals surface area contributed by atoms with Gasteiger partial charge in [-0.2, -0.15) is 16.8 Å². The smallest absolute Gasteiger partial charge is 0.284 e. The standard InChI is InChI=1S/C11H24O6S2/c1-3-5-7-9-11(8-6-4-2)17-19(15,16)10-18(12,13)14/h11H,3-10H2,1-2H3,(H,12,13,14). The van der Waals surface area contributed by atoms with E-state index in [4.69, 9.17) is 8.74 Å². The van der Waals surface area contributed by atoms with E-state index in [0.717, 1.165) is 32.1 Å². The Hall–Kier alpha value is -0.180. The molecule has 0 amide bonds. The van der Waals surface area contributed by atoms with Crippen LogP contribution in [0.1, 0.15) is 58.8 Å². The lowest BCUT2D eigenvalue weighted by Gasteiger charge is -2.16. The first-order valence-electron chi connectivity index (χ1n) is 6.56. The van der Waals surface area contributed by atoms with Gasteiger partial charge in [0.05, 0.1) is 6.10 Å². The van der Waals surface area contributed by atoms with Crippen molar-refractivity contribution in [3.63, 3.8) is 0 Å². The van der Waals surface area contributed by atoms with Gasteiger partial charge in [0, 0.05) is 0 Å². The summed E-state index contributed by atoms with van der Waals surface area (Å²) in [6.07, 6.45) is 5.21. The van der Waals surface area contributed by atoms with Crippen LogP contribution in [0.4, 0.5) is 0 Å². The molecule has 6 nitrogen and oxygen atoms in total. The first kappa shape index (κ1) is 18.8. The van der Waals surface area contributed by atoms with E-state index in [0.29, 0.717) is 12.8 Å². The van der Waals surface area contributed by atoms with Crippen LogP contribution in [0.25, 0.3) is 0 Å². The predicted molar refractivity (Wildman–Crippen MR) is 73.9 cm³/mol. The van der Waals surface area contributed by atoms with Gasteiger partial charge < -0.3 is 0 Å². The average molecular weight is 316 g/mol. The fraction of sp³-hybridized carbons (Fsp3) is 1.00. The second-order valence-electron chi connectivity index (χ2n) is 4.61. The molecule has 0 aromatic heterocycles. The summed E-state index contributed by atoms with van der Waals surface area (Å²) in [4.78, 5) is 0. The topological polar surface area (TPSA) is 97.7 Å². The Balaban J connectivity index is 4.51. The zero-order chi connectivity index (χ0) is 14.9. The molecule has 0 aliphatic rings. The predicted octanol–water partition coefficient (Wildman–Crippen LogP) is 2.32. The van der Waals surface area contributed by atoms with Gasteiger partial charge in [-0.25, -0.2) is 0 Å². The Morgan fingerprint density at radius 1 is 0.947 bits per heavy atom. The molecule has 0 aliphatic heterocycles. The quantitative estimate of drug-likeness (QED) is 0.357. The van der Waals surface area contributed by atoms with Gasteiger partial charge in [-0.15, -0.1) is 0 Å². The van der Waals surface area contributed by atoms with Gasteiger partial charge in [-0.3, -0.25) is 8.74 Å². The molecule has 0 bridgehead atoms. The molecule has 1 N–H and O–H groups in total. The minimum absolute atomic E-state index is 0.502. The van der Waals surface area contributed by atoms with Crippen molar-refractivity contribution in [2.24, 2.45) is 0 Å². The van der Waals surface area contributed by atoms with E-state index in [-0.39, 0.29) is 0 Å². The molecule has 116 valence electrons. The number of unbranched alkanes of at least 4 members (excludes halogenated alkanes) is 3. The molecular formula is C11H24O6S2. The maximum atomic E-state index is 11.5. The molecule has 0 fully saturated rings. The lowest BCUT2D eigenvalue weighted by atomic mass is 10.1. The van der Waals surface area contributed by atoms with Gasteiger partial charge in [0.25, 0.3) is 20.2 Å². The highest BCUT2D eigenvalue weighted by molar-refractivity contribution is 8.03. The van der Waals surface area contributed by atoms with Crippen LogP contribution in [-0.2, 0) is 24.4 Å². The van der Waals surface area contributed by atoms with Crippen LogP contribution >= 0.6 is 0 Å². The van der Waals surface area contributed by atoms with Crippen LogP contribution in [0.5, 0.6) is 0 Å². The minimum Gasteiger partial charge on any atom is -0.285 e. The van der Waals surface area contributed by atoms with Crippen molar-refractivity contribution >= 4 is 20.2 Å². The Bertz CT molecular complexity index is 426. The zero-order valence-corrected chi connectivity index (χ0v) is 13.2. The molecule has 0 aliphatic carbocycles. The van der Waals surface area contributed by atoms with E-state index >= 15 is 0 Å². The van der Waals surface area contributed by atoms with Gasteiger partial charge in [0.15, 0.2) is 0 Å². The number of rotatable bonds is 11. The Morgan fingerprint density at radius 3 is 1.95 bits per heavy atom. The third kappa shape index (κ3) is 11.4. The monoisotopic (exact) mass is 316 g/mol. The molecule has 0 aromatic carbocycles. The van der Waals surface area contributed by atoms with Crippen molar-refractivity contribution in [2.45, 2.75) is 64.9 Å². The molecular weight excluding hydrogens is 292 g/mol. The minimum atomic E-state index is -4.59. The van der Waals surface area contributed by atoms with Gasteiger partial charge in [0.2, 0.25) is 5.08 Å². The van der Waals surface area contributed by atoms with Crippen molar-refractivity contribution < 1.29 is 25.6 Å². The summed E-state index contributed by atoms with van der Waals surface area (Å²) in [6.45, 7) is 4.02. The van der Waals surface area contributed by atoms with Crippen molar-refractivity contribution in [1.29, 1.82) is 0 Å². The van der Waals surface area contributed by atoms with Gasteiger partial charge in [-0.1, -0.05) is 46.0 Å². The fourth-order valence-electron chi connectivity index (χ4n) is 1.71. The summed E-state index contributed by atoms with van der Waals surface area (Å²) in [5.74, 6) is 0. The molecule has 0 aromatic rings. The molecule has 0 heterocycles. The summed E-state index contributed by atoms with van der Waals surface area (Å²) < 4.78 is 57.6. The third-order valence-electron chi connectivity index (χ3n) is 2.59. The molecule has 0 spiro atoms. The molecule has 19 heavy (non-hydrogen) atoms. The summed E-state index contributed by atoms with van der Waals surface area (Å²) >= 11 is 0. The first-order valence-corrected chi connectivity index (χ1v) is 9.75. The van der Waals surface area contributed by atoms with Crippen molar-refractivity contribution in [1.82, 2.24) is 0 Å². The van der Waals surface area contributed by atoms with Gasteiger partial charge >= 0.3 is 0 Å². The second kappa shape index (κ2) is 8.89. The maximum Gasteiger partial charge on any atom is 0.284 e. The van der Waals surface area contributed by atoms with Crippen LogP contribution in [0.15, 0.2) is 0 Å². The molecule has 1 unspecified atom stereocenters. The number of hydrogen-bond acceptors (Lipinski definition) is 5. The van der Waals surface area contributed by atoms with E-state index < -0.39 is 31.4 Å². The molecule has 0 saturated heterocycles. The van der Waals surface area contributed by atoms with Crippen molar-refractivity contribution in [3.05, 3.63) is 0 Å². The fourth-order valence-corrected chi connectivity index (χ4v) is 4.00. The summed E-state index contributed by atoms with van der Waals surface area (Å²) in [5.41, 5.74) is 0. The van der Waals surface area contributed by atoms with Crippen LogP contribution in [0.2, 0.25) is 0 Å². The SMILES string of the molecule is CCCCCC(CCCC)OS(=O)(=O)CS(=O)(=O)O. The van der Waals surface area contributed by atoms with E-state index in [1.165, 1.54) is 0 Å². The number of hydrogen-bond donors (Lipinski definition) is 1. The summed E-state index contributed by atoms with van der Waals surface area (Å²) in [5, 5.41) is -1.38. The maximum absolute atomic E-state index is 11.5. The van der Waals surface area contributed by atoms with Crippen LogP contribution in [-0.4, -0.2) is 32.6 Å². The second-order valence-corrected chi connectivity index (χ2v) is 8.03. The highest BCUT2D eigenvalue weighted by atomic mass is 32.3. The van der Waals surface area contributed by atoms with Crippen molar-refractivity contribution in [2.75, 3.05) is 5.08 Å². The van der Waals surface area contributed by atoms with E-state index in [1.54, 1.807) is 0 Å². The molecule has 0 rings (SSSR count). The summed E-state index contributed by atoms with van der Waals surface area (Å²) in [6, 6.07) is 0. The molecule has 1 atom stereocenters. The summed E-state index contributed by atoms with van der Waals surface area (Å²) in [7, 11) is -8.83. The average Bonchev–Trinajstić information content (AvgIpc) is 2.22. The highest BCUT2D eigenvalue weighted by Gasteiger charge is 2.24.